The molecule has 0 heterocycles. The average Bonchev–Trinajstić information content (AvgIpc) is 2.17. The number of aldehydes is 1. The van der Waals surface area contributed by atoms with E-state index in [1.54, 1.807) is 6.07 Å². The lowest BCUT2D eigenvalue weighted by atomic mass is 9.98. The summed E-state index contributed by atoms with van der Waals surface area (Å²) < 4.78 is 5.32. The summed E-state index contributed by atoms with van der Waals surface area (Å²) in [5.74, 6) is 1.13. The normalized spacial score (nSPS) is 10.3. The molecule has 14 heavy (non-hydrogen) atoms. The predicted octanol–water partition coefficient (Wildman–Crippen LogP) is 3.02. The molecule has 1 aromatic rings. The minimum Gasteiger partial charge on any atom is -0.494 e. The molecule has 0 bridgehead atoms. The van der Waals surface area contributed by atoms with Crippen LogP contribution in [0.5, 0.6) is 5.75 Å². The lowest BCUT2D eigenvalue weighted by molar-refractivity contribution is 0.112. The Labute approximate surface area is 84.9 Å². The van der Waals surface area contributed by atoms with Crippen LogP contribution in [0.15, 0.2) is 18.2 Å². The fraction of sp³-hybridized carbons (Fsp3) is 0.417. The Bertz CT molecular complexity index is 316. The molecule has 0 N–H and O–H groups in total. The standard InChI is InChI=1S/C12H16O2/c1-4-14-11-5-6-12(9(2)3)10(7-11)8-13/h5-9H,4H2,1-3H3. The molecule has 0 fully saturated rings. The van der Waals surface area contributed by atoms with E-state index < -0.39 is 0 Å². The monoisotopic (exact) mass is 192 g/mol. The first kappa shape index (κ1) is 10.8. The summed E-state index contributed by atoms with van der Waals surface area (Å²) in [7, 11) is 0. The van der Waals surface area contributed by atoms with Gasteiger partial charge in [-0.1, -0.05) is 19.9 Å². The smallest absolute Gasteiger partial charge is 0.150 e. The van der Waals surface area contributed by atoms with E-state index in [2.05, 4.69) is 13.8 Å². The number of benzene rings is 1. The van der Waals surface area contributed by atoms with Gasteiger partial charge in [-0.05, 0) is 30.5 Å². The van der Waals surface area contributed by atoms with Crippen molar-refractivity contribution in [2.24, 2.45) is 0 Å². The van der Waals surface area contributed by atoms with E-state index in [-0.39, 0.29) is 0 Å². The molecule has 1 aromatic carbocycles. The van der Waals surface area contributed by atoms with E-state index in [0.29, 0.717) is 12.5 Å². The van der Waals surface area contributed by atoms with Crippen molar-refractivity contribution in [3.05, 3.63) is 29.3 Å². The van der Waals surface area contributed by atoms with Gasteiger partial charge in [0.15, 0.2) is 0 Å². The Balaban J connectivity index is 3.05. The van der Waals surface area contributed by atoms with Gasteiger partial charge in [0.05, 0.1) is 6.61 Å². The van der Waals surface area contributed by atoms with Gasteiger partial charge >= 0.3 is 0 Å². The Morgan fingerprint density at radius 3 is 2.64 bits per heavy atom. The van der Waals surface area contributed by atoms with Gasteiger partial charge in [0.2, 0.25) is 0 Å². The van der Waals surface area contributed by atoms with E-state index in [1.165, 1.54) is 0 Å². The number of rotatable bonds is 4. The van der Waals surface area contributed by atoms with Gasteiger partial charge in [-0.15, -0.1) is 0 Å². The van der Waals surface area contributed by atoms with Crippen molar-refractivity contribution in [1.29, 1.82) is 0 Å². The van der Waals surface area contributed by atoms with Gasteiger partial charge in [-0.2, -0.15) is 0 Å². The summed E-state index contributed by atoms with van der Waals surface area (Å²) in [4.78, 5) is 10.8. The summed E-state index contributed by atoms with van der Waals surface area (Å²) in [6.45, 7) is 6.70. The van der Waals surface area contributed by atoms with Crippen molar-refractivity contribution in [3.63, 3.8) is 0 Å². The van der Waals surface area contributed by atoms with Crippen molar-refractivity contribution >= 4 is 6.29 Å². The first-order valence-corrected chi connectivity index (χ1v) is 4.91. The highest BCUT2D eigenvalue weighted by Crippen LogP contribution is 2.22. The molecule has 0 saturated heterocycles. The van der Waals surface area contributed by atoms with Crippen LogP contribution in [0.1, 0.15) is 42.6 Å². The molecule has 0 radical (unpaired) electrons. The summed E-state index contributed by atoms with van der Waals surface area (Å²) in [6.07, 6.45) is 0.887. The molecule has 0 unspecified atom stereocenters. The summed E-state index contributed by atoms with van der Waals surface area (Å²) in [5, 5.41) is 0. The van der Waals surface area contributed by atoms with Crippen LogP contribution >= 0.6 is 0 Å². The van der Waals surface area contributed by atoms with E-state index in [0.717, 1.165) is 23.2 Å². The second kappa shape index (κ2) is 4.80. The topological polar surface area (TPSA) is 26.3 Å². The minimum absolute atomic E-state index is 0.367. The molecule has 0 atom stereocenters. The number of hydrogen-bond donors (Lipinski definition) is 0. The van der Waals surface area contributed by atoms with Crippen molar-refractivity contribution in [1.82, 2.24) is 0 Å². The molecule has 2 nitrogen and oxygen atoms in total. The van der Waals surface area contributed by atoms with E-state index in [1.807, 2.05) is 19.1 Å². The number of carbonyl (C=O) groups is 1. The number of hydrogen-bond acceptors (Lipinski definition) is 2. The molecule has 0 aliphatic carbocycles. The summed E-state index contributed by atoms with van der Waals surface area (Å²) >= 11 is 0. The van der Waals surface area contributed by atoms with E-state index in [4.69, 9.17) is 4.74 Å². The van der Waals surface area contributed by atoms with Gasteiger partial charge < -0.3 is 4.74 Å². The third-order valence-electron chi connectivity index (χ3n) is 2.12. The Morgan fingerprint density at radius 1 is 1.43 bits per heavy atom. The number of carbonyl (C=O) groups excluding carboxylic acids is 1. The zero-order chi connectivity index (χ0) is 10.6. The van der Waals surface area contributed by atoms with Crippen molar-refractivity contribution in [2.45, 2.75) is 26.7 Å². The second-order valence-electron chi connectivity index (χ2n) is 3.50. The highest BCUT2D eigenvalue weighted by molar-refractivity contribution is 5.78. The van der Waals surface area contributed by atoms with Crippen molar-refractivity contribution in [2.75, 3.05) is 6.61 Å². The fourth-order valence-corrected chi connectivity index (χ4v) is 1.44. The third-order valence-corrected chi connectivity index (χ3v) is 2.12. The van der Waals surface area contributed by atoms with Gasteiger partial charge in [0, 0.05) is 5.56 Å². The lowest BCUT2D eigenvalue weighted by Gasteiger charge is -2.10. The van der Waals surface area contributed by atoms with Gasteiger partial charge in [-0.3, -0.25) is 4.79 Å². The molecule has 0 amide bonds. The largest absolute Gasteiger partial charge is 0.494 e. The molecule has 0 saturated carbocycles. The fourth-order valence-electron chi connectivity index (χ4n) is 1.44. The van der Waals surface area contributed by atoms with E-state index in [9.17, 15) is 4.79 Å². The highest BCUT2D eigenvalue weighted by Gasteiger charge is 2.06. The van der Waals surface area contributed by atoms with Gasteiger partial charge in [0.25, 0.3) is 0 Å². The second-order valence-corrected chi connectivity index (χ2v) is 3.50. The van der Waals surface area contributed by atoms with Gasteiger partial charge in [-0.25, -0.2) is 0 Å². The maximum atomic E-state index is 10.8. The van der Waals surface area contributed by atoms with Crippen molar-refractivity contribution < 1.29 is 9.53 Å². The SMILES string of the molecule is CCOc1ccc(C(C)C)c(C=O)c1. The van der Waals surface area contributed by atoms with Crippen LogP contribution in [-0.4, -0.2) is 12.9 Å². The Morgan fingerprint density at radius 2 is 2.14 bits per heavy atom. The number of ether oxygens (including phenoxy) is 1. The lowest BCUT2D eigenvalue weighted by Crippen LogP contribution is -1.97. The molecule has 0 aliphatic heterocycles. The van der Waals surface area contributed by atoms with E-state index >= 15 is 0 Å². The summed E-state index contributed by atoms with van der Waals surface area (Å²) in [5.41, 5.74) is 1.80. The molecule has 0 aromatic heterocycles. The van der Waals surface area contributed by atoms with Crippen LogP contribution in [0.2, 0.25) is 0 Å². The van der Waals surface area contributed by atoms with Crippen LogP contribution in [0, 0.1) is 0 Å². The molecule has 2 heteroatoms. The Hall–Kier alpha value is -1.31. The average molecular weight is 192 g/mol. The van der Waals surface area contributed by atoms with Gasteiger partial charge in [0.1, 0.15) is 12.0 Å². The quantitative estimate of drug-likeness (QED) is 0.685. The zero-order valence-electron chi connectivity index (χ0n) is 8.91. The molecule has 0 aliphatic rings. The molecule has 76 valence electrons. The van der Waals surface area contributed by atoms with Crippen LogP contribution in [-0.2, 0) is 0 Å². The molecule has 0 spiro atoms. The third kappa shape index (κ3) is 2.34. The van der Waals surface area contributed by atoms with Crippen LogP contribution < -0.4 is 4.74 Å². The molecule has 1 rings (SSSR count). The van der Waals surface area contributed by atoms with Crippen LogP contribution in [0.3, 0.4) is 0 Å². The van der Waals surface area contributed by atoms with Crippen LogP contribution in [0.4, 0.5) is 0 Å². The predicted molar refractivity (Wildman–Crippen MR) is 57.1 cm³/mol. The zero-order valence-corrected chi connectivity index (χ0v) is 8.91. The first-order valence-electron chi connectivity index (χ1n) is 4.91. The maximum absolute atomic E-state index is 10.8. The maximum Gasteiger partial charge on any atom is 0.150 e. The Kier molecular flexibility index (Phi) is 3.69. The first-order chi connectivity index (χ1) is 6.69. The summed E-state index contributed by atoms with van der Waals surface area (Å²) in [6, 6.07) is 5.66. The molecular weight excluding hydrogens is 176 g/mol. The minimum atomic E-state index is 0.367. The van der Waals surface area contributed by atoms with Crippen molar-refractivity contribution in [3.8, 4) is 5.75 Å². The highest BCUT2D eigenvalue weighted by atomic mass is 16.5. The molecular formula is C12H16O2. The van der Waals surface area contributed by atoms with Crippen LogP contribution in [0.25, 0.3) is 0 Å².